The number of fused-ring (bicyclic) bond motifs is 2. The lowest BCUT2D eigenvalue weighted by atomic mass is 9.87. The van der Waals surface area contributed by atoms with Crippen LogP contribution in [0.25, 0.3) is 5.78 Å². The van der Waals surface area contributed by atoms with Crippen LogP contribution < -0.4 is 4.90 Å². The van der Waals surface area contributed by atoms with Crippen LogP contribution in [-0.2, 0) is 19.0 Å². The summed E-state index contributed by atoms with van der Waals surface area (Å²) in [5.74, 6) is 0.298. The second kappa shape index (κ2) is 5.72. The number of halogens is 3. The Morgan fingerprint density at radius 2 is 1.96 bits per heavy atom. The third kappa shape index (κ3) is 2.81. The number of aryl methyl sites for hydroxylation is 1. The van der Waals surface area contributed by atoms with Gasteiger partial charge in [0.05, 0.1) is 0 Å². The highest BCUT2D eigenvalue weighted by molar-refractivity contribution is 5.49. The highest BCUT2D eigenvalue weighted by atomic mass is 19.4. The molecule has 0 spiro atoms. The lowest BCUT2D eigenvalue weighted by Gasteiger charge is -2.34. The summed E-state index contributed by atoms with van der Waals surface area (Å²) >= 11 is 0. The number of hydrogen-bond donors (Lipinski definition) is 0. The molecule has 1 aliphatic carbocycles. The highest BCUT2D eigenvalue weighted by Gasteiger charge is 2.35. The van der Waals surface area contributed by atoms with E-state index in [2.05, 4.69) is 27.2 Å². The Kier molecular flexibility index (Phi) is 3.63. The fourth-order valence-electron chi connectivity index (χ4n) is 3.39. The van der Waals surface area contributed by atoms with Gasteiger partial charge in [-0.2, -0.15) is 27.8 Å². The van der Waals surface area contributed by atoms with Crippen LogP contribution in [0.4, 0.5) is 19.0 Å². The van der Waals surface area contributed by atoms with Crippen LogP contribution in [0, 0.1) is 0 Å². The number of nitrogens with zero attached hydrogens (tertiary/aromatic N) is 5. The van der Waals surface area contributed by atoms with Crippen LogP contribution in [-0.4, -0.2) is 32.7 Å². The van der Waals surface area contributed by atoms with E-state index in [1.807, 2.05) is 17.0 Å². The van der Waals surface area contributed by atoms with Gasteiger partial charge in [-0.3, -0.25) is 0 Å². The smallest absolute Gasteiger partial charge is 0.356 e. The predicted octanol–water partition coefficient (Wildman–Crippen LogP) is 3.14. The maximum Gasteiger partial charge on any atom is 0.433 e. The van der Waals surface area contributed by atoms with Crippen LogP contribution in [0.5, 0.6) is 0 Å². The van der Waals surface area contributed by atoms with Crippen LogP contribution >= 0.6 is 0 Å². The van der Waals surface area contributed by atoms with E-state index in [0.29, 0.717) is 5.82 Å². The monoisotopic (exact) mass is 347 g/mol. The molecule has 0 saturated heterocycles. The molecule has 1 unspecified atom stereocenters. The van der Waals surface area contributed by atoms with E-state index < -0.39 is 11.9 Å². The van der Waals surface area contributed by atoms with E-state index in [1.54, 1.807) is 7.05 Å². The number of likely N-dealkylation sites (N-methyl/N-ethyl adjacent to an activating group) is 1. The zero-order valence-corrected chi connectivity index (χ0v) is 13.5. The van der Waals surface area contributed by atoms with Crippen LogP contribution in [0.15, 0.2) is 36.7 Å². The molecule has 0 bridgehead atoms. The van der Waals surface area contributed by atoms with Crippen LogP contribution in [0.2, 0.25) is 0 Å². The fraction of sp³-hybridized carbons (Fsp3) is 0.353. The molecule has 130 valence electrons. The molecule has 4 rings (SSSR count). The van der Waals surface area contributed by atoms with Gasteiger partial charge in [0.25, 0.3) is 5.78 Å². The molecule has 5 nitrogen and oxygen atoms in total. The fourth-order valence-corrected chi connectivity index (χ4v) is 3.39. The number of aromatic nitrogens is 4. The summed E-state index contributed by atoms with van der Waals surface area (Å²) in [5, 5.41) is 4.04. The highest BCUT2D eigenvalue weighted by Crippen LogP contribution is 2.32. The van der Waals surface area contributed by atoms with Gasteiger partial charge in [0.15, 0.2) is 5.69 Å². The molecule has 0 amide bonds. The molecule has 1 aliphatic rings. The average molecular weight is 347 g/mol. The van der Waals surface area contributed by atoms with E-state index in [0.717, 1.165) is 25.3 Å². The van der Waals surface area contributed by atoms with E-state index in [1.165, 1.54) is 22.0 Å². The van der Waals surface area contributed by atoms with Crippen molar-refractivity contribution in [1.29, 1.82) is 0 Å². The number of rotatable bonds is 2. The van der Waals surface area contributed by atoms with Crippen molar-refractivity contribution in [2.24, 2.45) is 0 Å². The Balaban J connectivity index is 1.73. The van der Waals surface area contributed by atoms with Gasteiger partial charge in [-0.1, -0.05) is 24.3 Å². The van der Waals surface area contributed by atoms with Crippen molar-refractivity contribution in [3.05, 3.63) is 53.5 Å². The first-order chi connectivity index (χ1) is 11.9. The molecule has 0 aliphatic heterocycles. The summed E-state index contributed by atoms with van der Waals surface area (Å²) in [6, 6.07) is 9.32. The Morgan fingerprint density at radius 3 is 2.72 bits per heavy atom. The third-order valence-electron chi connectivity index (χ3n) is 4.75. The van der Waals surface area contributed by atoms with Crippen LogP contribution in [0.1, 0.15) is 23.2 Å². The Morgan fingerprint density at radius 1 is 1.20 bits per heavy atom. The Labute approximate surface area is 142 Å². The molecular formula is C17H16F3N5. The molecule has 2 aromatic heterocycles. The van der Waals surface area contributed by atoms with Gasteiger partial charge >= 0.3 is 6.18 Å². The lowest BCUT2D eigenvalue weighted by Crippen LogP contribution is -2.38. The lowest BCUT2D eigenvalue weighted by molar-refractivity contribution is -0.141. The standard InChI is InChI=1S/C17H16F3N5/c1-24(13-7-6-11-4-2-3-5-12(11)8-13)15-9-14(17(18,19)20)23-16-21-10-22-25(15)16/h2-5,9-10,13H,6-8H2,1H3. The summed E-state index contributed by atoms with van der Waals surface area (Å²) < 4.78 is 40.9. The topological polar surface area (TPSA) is 46.3 Å². The normalized spacial score (nSPS) is 17.5. The first-order valence-corrected chi connectivity index (χ1v) is 8.01. The first kappa shape index (κ1) is 15.9. The zero-order valence-electron chi connectivity index (χ0n) is 13.5. The number of anilines is 1. The minimum atomic E-state index is -4.53. The molecular weight excluding hydrogens is 331 g/mol. The van der Waals surface area contributed by atoms with Gasteiger partial charge in [0.2, 0.25) is 0 Å². The predicted molar refractivity (Wildman–Crippen MR) is 86.4 cm³/mol. The minimum Gasteiger partial charge on any atom is -0.356 e. The van der Waals surface area contributed by atoms with E-state index >= 15 is 0 Å². The summed E-state index contributed by atoms with van der Waals surface area (Å²) in [7, 11) is 1.80. The van der Waals surface area contributed by atoms with Crippen LogP contribution in [0.3, 0.4) is 0 Å². The molecule has 2 heterocycles. The molecule has 3 aromatic rings. The summed E-state index contributed by atoms with van der Waals surface area (Å²) in [6.07, 6.45) is -0.749. The van der Waals surface area contributed by atoms with Crippen molar-refractivity contribution in [3.63, 3.8) is 0 Å². The Hall–Kier alpha value is -2.64. The first-order valence-electron chi connectivity index (χ1n) is 8.01. The molecule has 0 fully saturated rings. The molecule has 8 heteroatoms. The summed E-state index contributed by atoms with van der Waals surface area (Å²) in [5.41, 5.74) is 1.60. The van der Waals surface area contributed by atoms with E-state index in [-0.39, 0.29) is 11.8 Å². The second-order valence-electron chi connectivity index (χ2n) is 6.25. The molecule has 0 saturated carbocycles. The van der Waals surface area contributed by atoms with Crippen molar-refractivity contribution in [2.45, 2.75) is 31.5 Å². The van der Waals surface area contributed by atoms with Gasteiger partial charge in [-0.05, 0) is 30.4 Å². The second-order valence-corrected chi connectivity index (χ2v) is 6.25. The van der Waals surface area contributed by atoms with E-state index in [4.69, 9.17) is 0 Å². The maximum atomic E-state index is 13.2. The largest absolute Gasteiger partial charge is 0.433 e. The molecule has 0 radical (unpaired) electrons. The molecule has 1 atom stereocenters. The number of benzene rings is 1. The zero-order chi connectivity index (χ0) is 17.6. The van der Waals surface area contributed by atoms with Gasteiger partial charge in [-0.15, -0.1) is 0 Å². The Bertz CT molecular complexity index is 918. The van der Waals surface area contributed by atoms with Gasteiger partial charge < -0.3 is 4.90 Å². The van der Waals surface area contributed by atoms with Crippen molar-refractivity contribution in [3.8, 4) is 0 Å². The van der Waals surface area contributed by atoms with E-state index in [9.17, 15) is 13.2 Å². The molecule has 25 heavy (non-hydrogen) atoms. The molecule has 0 N–H and O–H groups in total. The van der Waals surface area contributed by atoms with Gasteiger partial charge in [0, 0.05) is 19.2 Å². The van der Waals surface area contributed by atoms with Crippen molar-refractivity contribution in [1.82, 2.24) is 19.6 Å². The minimum absolute atomic E-state index is 0.0483. The van der Waals surface area contributed by atoms with Crippen molar-refractivity contribution < 1.29 is 13.2 Å². The van der Waals surface area contributed by atoms with Gasteiger partial charge in [-0.25, -0.2) is 4.98 Å². The van der Waals surface area contributed by atoms with Crippen molar-refractivity contribution >= 4 is 11.6 Å². The number of hydrogen-bond acceptors (Lipinski definition) is 4. The maximum absolute atomic E-state index is 13.2. The third-order valence-corrected chi connectivity index (χ3v) is 4.75. The molecule has 1 aromatic carbocycles. The summed E-state index contributed by atoms with van der Waals surface area (Å²) in [4.78, 5) is 9.26. The van der Waals surface area contributed by atoms with Gasteiger partial charge in [0.1, 0.15) is 12.1 Å². The van der Waals surface area contributed by atoms with Crippen molar-refractivity contribution in [2.75, 3.05) is 11.9 Å². The average Bonchev–Trinajstić information content (AvgIpc) is 3.07. The number of alkyl halides is 3. The quantitative estimate of drug-likeness (QED) is 0.715. The SMILES string of the molecule is CN(c1cc(C(F)(F)F)nc2ncnn12)C1CCc2ccccc2C1. The summed E-state index contributed by atoms with van der Waals surface area (Å²) in [6.45, 7) is 0.